The van der Waals surface area contributed by atoms with Gasteiger partial charge >= 0.3 is 0 Å². The molecule has 230 valence electrons. The van der Waals surface area contributed by atoms with Crippen LogP contribution in [0.15, 0.2) is 182 Å². The van der Waals surface area contributed by atoms with Gasteiger partial charge in [-0.05, 0) is 74.8 Å². The highest BCUT2D eigenvalue weighted by atomic mass is 15.1. The maximum absolute atomic E-state index is 5.23. The van der Waals surface area contributed by atoms with E-state index in [-0.39, 0.29) is 0 Å². The minimum absolute atomic E-state index is 0.611. The molecular weight excluding hydrogens is 597 g/mol. The Labute approximate surface area is 284 Å². The molecule has 0 aliphatic carbocycles. The van der Waals surface area contributed by atoms with Gasteiger partial charge in [-0.25, -0.2) is 15.0 Å². The summed E-state index contributed by atoms with van der Waals surface area (Å²) in [5.41, 5.74) is 5.86. The lowest BCUT2D eigenvalue weighted by Crippen LogP contribution is -2.12. The van der Waals surface area contributed by atoms with Crippen molar-refractivity contribution in [1.29, 1.82) is 0 Å². The zero-order valence-corrected chi connectivity index (χ0v) is 26.6. The van der Waals surface area contributed by atoms with E-state index in [1.165, 1.54) is 32.3 Å². The van der Waals surface area contributed by atoms with Crippen LogP contribution in [-0.4, -0.2) is 15.0 Å². The van der Waals surface area contributed by atoms with Gasteiger partial charge in [-0.1, -0.05) is 140 Å². The van der Waals surface area contributed by atoms with E-state index >= 15 is 0 Å². The number of rotatable bonds is 6. The van der Waals surface area contributed by atoms with Crippen LogP contribution in [0.4, 0.5) is 17.1 Å². The second-order valence-corrected chi connectivity index (χ2v) is 12.0. The van der Waals surface area contributed by atoms with Gasteiger partial charge in [0.1, 0.15) is 0 Å². The first-order valence-electron chi connectivity index (χ1n) is 16.5. The molecular formula is C45H30N4. The fourth-order valence-electron chi connectivity index (χ4n) is 6.83. The van der Waals surface area contributed by atoms with Crippen LogP contribution in [-0.2, 0) is 0 Å². The van der Waals surface area contributed by atoms with Crippen molar-refractivity contribution in [2.45, 2.75) is 0 Å². The Bertz CT molecular complexity index is 2530. The standard InChI is InChI=1S/C45H30N4/c1-4-16-31(17-5-1)43-46-44(32-28-29-39-37-24-11-10-22-35(37)36-23-12-13-25-38(36)41(39)30-32)48-45(47-43)40-26-14-15-27-42(40)49(33-18-6-2-7-19-33)34-20-8-3-9-21-34/h1-30H. The average molecular weight is 627 g/mol. The Balaban J connectivity index is 1.28. The van der Waals surface area contributed by atoms with Crippen LogP contribution in [0.2, 0.25) is 0 Å². The molecule has 0 bridgehead atoms. The molecule has 4 heteroatoms. The average Bonchev–Trinajstić information content (AvgIpc) is 3.19. The van der Waals surface area contributed by atoms with Crippen molar-refractivity contribution in [2.75, 3.05) is 4.90 Å². The Morgan fingerprint density at radius 2 is 0.735 bits per heavy atom. The topological polar surface area (TPSA) is 41.9 Å². The van der Waals surface area contributed by atoms with E-state index in [2.05, 4.69) is 150 Å². The molecule has 0 fully saturated rings. The molecule has 0 radical (unpaired) electrons. The number of hydrogen-bond acceptors (Lipinski definition) is 4. The van der Waals surface area contributed by atoms with Crippen molar-refractivity contribution in [1.82, 2.24) is 15.0 Å². The summed E-state index contributed by atoms with van der Waals surface area (Å²) in [6.07, 6.45) is 0. The minimum atomic E-state index is 0.611. The van der Waals surface area contributed by atoms with Gasteiger partial charge in [0.15, 0.2) is 17.5 Å². The van der Waals surface area contributed by atoms with E-state index in [9.17, 15) is 0 Å². The number of fused-ring (bicyclic) bond motifs is 6. The molecule has 0 saturated carbocycles. The molecule has 49 heavy (non-hydrogen) atoms. The second kappa shape index (κ2) is 12.2. The zero-order chi connectivity index (χ0) is 32.6. The van der Waals surface area contributed by atoms with Crippen molar-refractivity contribution < 1.29 is 0 Å². The highest BCUT2D eigenvalue weighted by Gasteiger charge is 2.20. The van der Waals surface area contributed by atoms with Gasteiger partial charge in [0, 0.05) is 28.1 Å². The fourth-order valence-corrected chi connectivity index (χ4v) is 6.83. The fraction of sp³-hybridized carbons (Fsp3) is 0. The van der Waals surface area contributed by atoms with E-state index in [1.54, 1.807) is 0 Å². The molecule has 9 aromatic rings. The van der Waals surface area contributed by atoms with E-state index in [4.69, 9.17) is 15.0 Å². The maximum Gasteiger partial charge on any atom is 0.166 e. The first kappa shape index (κ1) is 28.6. The van der Waals surface area contributed by atoms with Gasteiger partial charge < -0.3 is 4.90 Å². The van der Waals surface area contributed by atoms with Crippen molar-refractivity contribution in [3.05, 3.63) is 182 Å². The lowest BCUT2D eigenvalue weighted by molar-refractivity contribution is 1.07. The van der Waals surface area contributed by atoms with Gasteiger partial charge in [0.05, 0.1) is 5.69 Å². The van der Waals surface area contributed by atoms with E-state index in [0.717, 1.165) is 33.8 Å². The summed E-state index contributed by atoms with van der Waals surface area (Å²) in [6.45, 7) is 0. The molecule has 8 aromatic carbocycles. The molecule has 0 spiro atoms. The van der Waals surface area contributed by atoms with Crippen LogP contribution in [0.1, 0.15) is 0 Å². The largest absolute Gasteiger partial charge is 0.310 e. The van der Waals surface area contributed by atoms with Crippen LogP contribution in [0, 0.1) is 0 Å². The summed E-state index contributed by atoms with van der Waals surface area (Å²) in [5.74, 6) is 1.87. The molecule has 1 heterocycles. The third-order valence-electron chi connectivity index (χ3n) is 9.08. The number of para-hydroxylation sites is 3. The second-order valence-electron chi connectivity index (χ2n) is 12.0. The third-order valence-corrected chi connectivity index (χ3v) is 9.08. The Hall–Kier alpha value is -6.65. The predicted octanol–water partition coefficient (Wildman–Crippen LogP) is 11.8. The number of hydrogen-bond donors (Lipinski definition) is 0. The van der Waals surface area contributed by atoms with E-state index in [0.29, 0.717) is 17.5 Å². The maximum atomic E-state index is 5.23. The van der Waals surface area contributed by atoms with Gasteiger partial charge in [-0.3, -0.25) is 0 Å². The third kappa shape index (κ3) is 5.16. The van der Waals surface area contributed by atoms with Crippen molar-refractivity contribution in [3.8, 4) is 34.2 Å². The van der Waals surface area contributed by atoms with Crippen LogP contribution in [0.5, 0.6) is 0 Å². The van der Waals surface area contributed by atoms with Gasteiger partial charge in [0.2, 0.25) is 0 Å². The number of anilines is 3. The quantitative estimate of drug-likeness (QED) is 0.172. The zero-order valence-electron chi connectivity index (χ0n) is 26.6. The smallest absolute Gasteiger partial charge is 0.166 e. The van der Waals surface area contributed by atoms with Crippen LogP contribution >= 0.6 is 0 Å². The molecule has 0 unspecified atom stereocenters. The summed E-state index contributed by atoms with van der Waals surface area (Å²) < 4.78 is 0. The molecule has 9 rings (SSSR count). The van der Waals surface area contributed by atoms with Crippen molar-refractivity contribution in [2.24, 2.45) is 0 Å². The van der Waals surface area contributed by atoms with Gasteiger partial charge in [-0.15, -0.1) is 0 Å². The Kier molecular flexibility index (Phi) is 7.10. The number of aromatic nitrogens is 3. The summed E-state index contributed by atoms with van der Waals surface area (Å²) >= 11 is 0. The first-order chi connectivity index (χ1) is 24.3. The summed E-state index contributed by atoms with van der Waals surface area (Å²) in [6, 6.07) is 63.2. The van der Waals surface area contributed by atoms with E-state index in [1.807, 2.05) is 36.4 Å². The van der Waals surface area contributed by atoms with Crippen LogP contribution in [0.25, 0.3) is 66.5 Å². The van der Waals surface area contributed by atoms with E-state index < -0.39 is 0 Å². The molecule has 4 nitrogen and oxygen atoms in total. The van der Waals surface area contributed by atoms with Crippen molar-refractivity contribution in [3.63, 3.8) is 0 Å². The molecule has 0 atom stereocenters. The molecule has 0 saturated heterocycles. The molecule has 0 aliphatic rings. The number of nitrogens with zero attached hydrogens (tertiary/aromatic N) is 4. The highest BCUT2D eigenvalue weighted by Crippen LogP contribution is 2.41. The Morgan fingerprint density at radius 3 is 1.33 bits per heavy atom. The van der Waals surface area contributed by atoms with Crippen molar-refractivity contribution >= 4 is 49.4 Å². The SMILES string of the molecule is c1ccc(-c2nc(-c3ccc4c5ccccc5c5ccccc5c4c3)nc(-c3ccccc3N(c3ccccc3)c3ccccc3)n2)cc1. The van der Waals surface area contributed by atoms with Gasteiger partial charge in [-0.2, -0.15) is 0 Å². The molecule has 0 amide bonds. The lowest BCUT2D eigenvalue weighted by Gasteiger charge is -2.27. The van der Waals surface area contributed by atoms with Gasteiger partial charge in [0.25, 0.3) is 0 Å². The summed E-state index contributed by atoms with van der Waals surface area (Å²) in [5, 5.41) is 7.32. The lowest BCUT2D eigenvalue weighted by atomic mass is 9.93. The van der Waals surface area contributed by atoms with Crippen LogP contribution in [0.3, 0.4) is 0 Å². The summed E-state index contributed by atoms with van der Waals surface area (Å²) in [7, 11) is 0. The first-order valence-corrected chi connectivity index (χ1v) is 16.5. The normalized spacial score (nSPS) is 11.3. The van der Waals surface area contributed by atoms with Crippen LogP contribution < -0.4 is 4.90 Å². The molecule has 0 aliphatic heterocycles. The summed E-state index contributed by atoms with van der Waals surface area (Å²) in [4.78, 5) is 17.7. The predicted molar refractivity (Wildman–Crippen MR) is 203 cm³/mol. The number of benzene rings is 8. The monoisotopic (exact) mass is 626 g/mol. The minimum Gasteiger partial charge on any atom is -0.310 e. The molecule has 1 aromatic heterocycles. The Morgan fingerprint density at radius 1 is 0.306 bits per heavy atom. The highest BCUT2D eigenvalue weighted by molar-refractivity contribution is 6.25. The molecule has 0 N–H and O–H groups in total.